The molecule has 0 unspecified atom stereocenters. The number of H-pyrrole nitrogens is 1. The Hall–Kier alpha value is -2.54. The molecule has 0 fully saturated rings. The second-order valence-corrected chi connectivity index (χ2v) is 7.42. The van der Waals surface area contributed by atoms with E-state index in [-0.39, 0.29) is 5.41 Å². The summed E-state index contributed by atoms with van der Waals surface area (Å²) in [5.74, 6) is 0. The number of aromatic nitrogens is 4. The van der Waals surface area contributed by atoms with Crippen molar-refractivity contribution in [2.75, 3.05) is 0 Å². The number of nitrogens with zero attached hydrogens (tertiary/aromatic N) is 3. The van der Waals surface area contributed by atoms with Crippen molar-refractivity contribution >= 4 is 11.3 Å². The Balaban J connectivity index is 0.000000282. The first kappa shape index (κ1) is 22.5. The van der Waals surface area contributed by atoms with Crippen molar-refractivity contribution in [2.45, 2.75) is 47.0 Å². The molecule has 0 amide bonds. The molecule has 0 aliphatic carbocycles. The molecule has 1 N–H and O–H groups in total. The second-order valence-electron chi connectivity index (χ2n) is 6.21. The van der Waals surface area contributed by atoms with Crippen LogP contribution in [0.2, 0.25) is 0 Å². The van der Waals surface area contributed by atoms with Crippen LogP contribution in [0.3, 0.4) is 0 Å². The number of rotatable bonds is 2. The Morgan fingerprint density at radius 3 is 2.11 bits per heavy atom. The quantitative estimate of drug-likeness (QED) is 0.727. The Morgan fingerprint density at radius 2 is 1.67 bits per heavy atom. The van der Waals surface area contributed by atoms with E-state index in [4.69, 9.17) is 0 Å². The third-order valence-corrected chi connectivity index (χ3v) is 5.33. The highest BCUT2D eigenvalue weighted by molar-refractivity contribution is 7.11. The first-order valence-corrected chi connectivity index (χ1v) is 9.66. The van der Waals surface area contributed by atoms with Crippen molar-refractivity contribution in [3.05, 3.63) is 78.5 Å². The van der Waals surface area contributed by atoms with E-state index in [9.17, 15) is 9.59 Å². The highest BCUT2D eigenvalue weighted by Gasteiger charge is 2.26. The molecule has 0 aliphatic heterocycles. The number of benzene rings is 1. The van der Waals surface area contributed by atoms with E-state index in [0.717, 1.165) is 16.6 Å². The van der Waals surface area contributed by atoms with Gasteiger partial charge in [0.05, 0.1) is 5.69 Å². The van der Waals surface area contributed by atoms with Crippen molar-refractivity contribution < 1.29 is 0 Å². The average Bonchev–Trinajstić information content (AvgIpc) is 3.01. The van der Waals surface area contributed by atoms with E-state index in [1.165, 1.54) is 22.5 Å². The lowest BCUT2D eigenvalue weighted by molar-refractivity contribution is 0.633. The summed E-state index contributed by atoms with van der Waals surface area (Å²) < 4.78 is 1.04. The summed E-state index contributed by atoms with van der Waals surface area (Å²) in [6.07, 6.45) is 1.04. The number of thiazole rings is 1. The summed E-state index contributed by atoms with van der Waals surface area (Å²) in [5.41, 5.74) is 1.51. The van der Waals surface area contributed by atoms with Gasteiger partial charge in [-0.2, -0.15) is 5.10 Å². The van der Waals surface area contributed by atoms with Gasteiger partial charge >= 0.3 is 5.69 Å². The van der Waals surface area contributed by atoms with Gasteiger partial charge < -0.3 is 0 Å². The van der Waals surface area contributed by atoms with Crippen LogP contribution in [-0.2, 0) is 12.5 Å². The topological polar surface area (TPSA) is 80.6 Å². The highest BCUT2D eigenvalue weighted by atomic mass is 32.1. The van der Waals surface area contributed by atoms with Gasteiger partial charge in [-0.3, -0.25) is 9.78 Å². The van der Waals surface area contributed by atoms with Crippen molar-refractivity contribution in [3.63, 3.8) is 0 Å². The maximum Gasteiger partial charge on any atom is 0.344 e. The predicted octanol–water partition coefficient (Wildman–Crippen LogP) is 3.58. The summed E-state index contributed by atoms with van der Waals surface area (Å²) in [4.78, 5) is 28.8. The molecule has 146 valence electrons. The average molecular weight is 389 g/mol. The van der Waals surface area contributed by atoms with Crippen molar-refractivity contribution in [3.8, 4) is 0 Å². The van der Waals surface area contributed by atoms with Gasteiger partial charge in [0.1, 0.15) is 11.2 Å². The van der Waals surface area contributed by atoms with Gasteiger partial charge in [0.2, 0.25) is 0 Å². The molecule has 7 heteroatoms. The van der Waals surface area contributed by atoms with E-state index in [1.807, 2.05) is 18.8 Å². The van der Waals surface area contributed by atoms with Crippen molar-refractivity contribution in [1.82, 2.24) is 19.7 Å². The number of aromatic amines is 1. The molecule has 6 nitrogen and oxygen atoms in total. The Labute approximate surface area is 163 Å². The van der Waals surface area contributed by atoms with Gasteiger partial charge in [0.15, 0.2) is 0 Å². The lowest BCUT2D eigenvalue weighted by atomic mass is 9.85. The predicted molar refractivity (Wildman–Crippen MR) is 112 cm³/mol. The maximum atomic E-state index is 10.5. The Kier molecular flexibility index (Phi) is 8.31. The summed E-state index contributed by atoms with van der Waals surface area (Å²) in [7, 11) is 1.46. The monoisotopic (exact) mass is 388 g/mol. The molecule has 0 spiro atoms. The Morgan fingerprint density at radius 1 is 1.07 bits per heavy atom. The summed E-state index contributed by atoms with van der Waals surface area (Å²) in [6.45, 7) is 12.7. The zero-order chi connectivity index (χ0) is 20.6. The molecule has 0 saturated heterocycles. The molecule has 0 radical (unpaired) electrons. The lowest BCUT2D eigenvalue weighted by Crippen LogP contribution is -2.29. The lowest BCUT2D eigenvalue weighted by Gasteiger charge is -2.22. The van der Waals surface area contributed by atoms with Gasteiger partial charge in [0, 0.05) is 17.3 Å². The van der Waals surface area contributed by atoms with Crippen LogP contribution < -0.4 is 11.2 Å². The minimum Gasteiger partial charge on any atom is -0.271 e. The molecule has 0 atom stereocenters. The van der Waals surface area contributed by atoms with Crippen LogP contribution >= 0.6 is 11.3 Å². The first-order chi connectivity index (χ1) is 12.7. The molecule has 0 aliphatic rings. The maximum absolute atomic E-state index is 10.5. The molecule has 3 aromatic rings. The van der Waals surface area contributed by atoms with E-state index in [2.05, 4.69) is 68.1 Å². The molecular formula is C20H28N4O2S. The van der Waals surface area contributed by atoms with Crippen LogP contribution in [0, 0.1) is 13.8 Å². The largest absolute Gasteiger partial charge is 0.344 e. The molecule has 2 heterocycles. The minimum absolute atomic E-state index is 0.00491. The molecule has 3 rings (SSSR count). The van der Waals surface area contributed by atoms with Crippen LogP contribution in [-0.4, -0.2) is 19.7 Å². The molecule has 2 aromatic heterocycles. The first-order valence-electron chi connectivity index (χ1n) is 8.84. The molecule has 0 bridgehead atoms. The third kappa shape index (κ3) is 5.99. The van der Waals surface area contributed by atoms with Crippen molar-refractivity contribution in [1.29, 1.82) is 0 Å². The van der Waals surface area contributed by atoms with Crippen molar-refractivity contribution in [2.24, 2.45) is 7.05 Å². The molecule has 0 saturated carbocycles. The van der Waals surface area contributed by atoms with Gasteiger partial charge in [-0.1, -0.05) is 44.2 Å². The number of nitrogens with one attached hydrogen (secondary N) is 1. The number of hydrogen-bond acceptors (Lipinski definition) is 5. The van der Waals surface area contributed by atoms with Gasteiger partial charge in [0.25, 0.3) is 5.56 Å². The zero-order valence-electron chi connectivity index (χ0n) is 17.0. The summed E-state index contributed by atoms with van der Waals surface area (Å²) in [6, 6.07) is 10.6. The van der Waals surface area contributed by atoms with Crippen LogP contribution in [0.1, 0.15) is 48.8 Å². The summed E-state index contributed by atoms with van der Waals surface area (Å²) in [5, 5.41) is 4.64. The molecule has 27 heavy (non-hydrogen) atoms. The number of hydrogen-bond donors (Lipinski definition) is 1. The van der Waals surface area contributed by atoms with Crippen LogP contribution in [0.4, 0.5) is 0 Å². The standard InChI is InChI=1S/C14H17NS.C4H5N3O2.C2H6/c1-10-11(2)16-13(15-10)14(3,4)12-8-6-5-7-9-12;1-7-4(9)6-3(8)2-5-7;1-2/h5-9H,1-4H3;2H,1H3,(H,6,8,9);1-2H3. The molecular weight excluding hydrogens is 360 g/mol. The van der Waals surface area contributed by atoms with Gasteiger partial charge in [-0.25, -0.2) is 14.5 Å². The van der Waals surface area contributed by atoms with Crippen LogP contribution in [0.5, 0.6) is 0 Å². The normalized spacial score (nSPS) is 10.3. The Bertz CT molecular complexity index is 936. The SMILES string of the molecule is CC.Cc1nc(C(C)(C)c2ccccc2)sc1C.Cn1ncc(=O)[nH]c1=O. The zero-order valence-corrected chi connectivity index (χ0v) is 17.8. The van der Waals surface area contributed by atoms with E-state index < -0.39 is 11.2 Å². The van der Waals surface area contributed by atoms with Crippen LogP contribution in [0.25, 0.3) is 0 Å². The minimum atomic E-state index is -0.498. The summed E-state index contributed by atoms with van der Waals surface area (Å²) >= 11 is 1.81. The van der Waals surface area contributed by atoms with E-state index in [1.54, 1.807) is 11.3 Å². The highest BCUT2D eigenvalue weighted by Crippen LogP contribution is 2.34. The molecule has 1 aromatic carbocycles. The number of aryl methyl sites for hydroxylation is 3. The van der Waals surface area contributed by atoms with Gasteiger partial charge in [-0.05, 0) is 33.3 Å². The smallest absolute Gasteiger partial charge is 0.271 e. The van der Waals surface area contributed by atoms with Gasteiger partial charge in [-0.15, -0.1) is 11.3 Å². The second kappa shape index (κ2) is 9.97. The van der Waals surface area contributed by atoms with E-state index in [0.29, 0.717) is 0 Å². The third-order valence-electron chi connectivity index (χ3n) is 3.93. The fraction of sp³-hybridized carbons (Fsp3) is 0.400. The van der Waals surface area contributed by atoms with E-state index >= 15 is 0 Å². The fourth-order valence-corrected chi connectivity index (χ4v) is 3.17. The fourth-order valence-electron chi connectivity index (χ4n) is 2.13. The van der Waals surface area contributed by atoms with Crippen LogP contribution in [0.15, 0.2) is 46.1 Å².